The van der Waals surface area contributed by atoms with Crippen LogP contribution in [0.5, 0.6) is 0 Å². The molecule has 25 heavy (non-hydrogen) atoms. The van der Waals surface area contributed by atoms with Crippen molar-refractivity contribution in [1.29, 1.82) is 0 Å². The van der Waals surface area contributed by atoms with E-state index in [1.807, 2.05) is 12.1 Å². The van der Waals surface area contributed by atoms with Gasteiger partial charge in [-0.05, 0) is 0 Å². The van der Waals surface area contributed by atoms with Crippen molar-refractivity contribution in [2.24, 2.45) is 0 Å². The van der Waals surface area contributed by atoms with Gasteiger partial charge in [0.1, 0.15) is 0 Å². The first kappa shape index (κ1) is 22.6. The Morgan fingerprint density at radius 3 is 1.20 bits per heavy atom. The molecule has 0 saturated carbocycles. The smallest absolute Gasteiger partial charge is 0.811 e. The van der Waals surface area contributed by atoms with Crippen LogP contribution in [0.2, 0.25) is 0 Å². The third kappa shape index (κ3) is 9.50. The monoisotopic (exact) mass is 383 g/mol. The molecular weight excluding hydrogens is 364 g/mol. The molecule has 0 amide bonds. The number of hydrogen-bond donors (Lipinski definition) is 0. The standard InChI is InChI=1S/2C10H10NO.Cu/c2*1-8(11)7-10(12)9-5-3-2-4-6-9;/h2*2-6H,7H2,1H3;/q2*-1;+2. The molecule has 0 spiro atoms. The Bertz CT molecular complexity index is 649. The van der Waals surface area contributed by atoms with Crippen LogP contribution in [0.1, 0.15) is 47.4 Å². The Morgan fingerprint density at radius 1 is 0.680 bits per heavy atom. The van der Waals surface area contributed by atoms with Crippen molar-refractivity contribution < 1.29 is 26.7 Å². The van der Waals surface area contributed by atoms with Crippen LogP contribution >= 0.6 is 0 Å². The molecule has 5 heteroatoms. The van der Waals surface area contributed by atoms with Crippen molar-refractivity contribution in [3.8, 4) is 0 Å². The molecule has 0 heterocycles. The summed E-state index contributed by atoms with van der Waals surface area (Å²) >= 11 is 0. The first-order valence-electron chi connectivity index (χ1n) is 7.59. The number of benzene rings is 2. The van der Waals surface area contributed by atoms with E-state index >= 15 is 0 Å². The summed E-state index contributed by atoms with van der Waals surface area (Å²) in [4.78, 5) is 22.5. The second-order valence-electron chi connectivity index (χ2n) is 5.40. The van der Waals surface area contributed by atoms with Crippen LogP contribution in [0.15, 0.2) is 60.7 Å². The van der Waals surface area contributed by atoms with Crippen LogP contribution in [-0.2, 0) is 17.1 Å². The fourth-order valence-corrected chi connectivity index (χ4v) is 1.92. The number of ketones is 2. The zero-order chi connectivity index (χ0) is 17.9. The van der Waals surface area contributed by atoms with E-state index in [-0.39, 0.29) is 52.9 Å². The minimum Gasteiger partial charge on any atom is -0.811 e. The molecule has 4 nitrogen and oxygen atoms in total. The van der Waals surface area contributed by atoms with Gasteiger partial charge in [-0.1, -0.05) is 74.5 Å². The van der Waals surface area contributed by atoms with Crippen LogP contribution in [-0.4, -0.2) is 23.0 Å². The maximum atomic E-state index is 11.3. The minimum absolute atomic E-state index is 0. The van der Waals surface area contributed by atoms with Crippen LogP contribution in [0.3, 0.4) is 0 Å². The Morgan fingerprint density at radius 2 is 0.960 bits per heavy atom. The topological polar surface area (TPSA) is 78.7 Å². The second kappa shape index (κ2) is 12.1. The molecule has 0 aliphatic rings. The zero-order valence-electron chi connectivity index (χ0n) is 14.2. The van der Waals surface area contributed by atoms with Crippen molar-refractivity contribution in [2.45, 2.75) is 26.7 Å². The van der Waals surface area contributed by atoms with Crippen LogP contribution < -0.4 is 0 Å². The fourth-order valence-electron chi connectivity index (χ4n) is 1.92. The number of carbonyl (C=O) groups excluding carboxylic acids is 2. The number of carbonyl (C=O) groups is 2. The molecule has 133 valence electrons. The molecule has 0 fully saturated rings. The maximum Gasteiger partial charge on any atom is 2.00 e. The Hall–Kier alpha value is -2.36. The average Bonchev–Trinajstić information content (AvgIpc) is 2.56. The maximum absolute atomic E-state index is 11.3. The van der Waals surface area contributed by atoms with Crippen LogP contribution in [0, 0.1) is 0 Å². The molecule has 0 bridgehead atoms. The summed E-state index contributed by atoms with van der Waals surface area (Å²) in [5.74, 6) is -0.0915. The van der Waals surface area contributed by atoms with Gasteiger partial charge < -0.3 is 10.8 Å². The van der Waals surface area contributed by atoms with Crippen molar-refractivity contribution >= 4 is 23.0 Å². The summed E-state index contributed by atoms with van der Waals surface area (Å²) in [5.41, 5.74) is 1.60. The van der Waals surface area contributed by atoms with E-state index < -0.39 is 0 Å². The first-order chi connectivity index (χ1) is 11.4. The van der Waals surface area contributed by atoms with Gasteiger partial charge in [-0.2, -0.15) is 11.4 Å². The second-order valence-corrected chi connectivity index (χ2v) is 5.40. The Balaban J connectivity index is 0.000000443. The van der Waals surface area contributed by atoms with E-state index in [2.05, 4.69) is 0 Å². The molecule has 1 radical (unpaired) electrons. The van der Waals surface area contributed by atoms with E-state index in [4.69, 9.17) is 10.8 Å². The molecule has 0 aromatic heterocycles. The number of nitrogens with zero attached hydrogens (tertiary/aromatic N) is 2. The fraction of sp³-hybridized carbons (Fsp3) is 0.200. The molecule has 0 aliphatic heterocycles. The van der Waals surface area contributed by atoms with Crippen LogP contribution in [0.25, 0.3) is 10.8 Å². The third-order valence-corrected chi connectivity index (χ3v) is 3.02. The summed E-state index contributed by atoms with van der Waals surface area (Å²) in [6.07, 6.45) is 0.230. The summed E-state index contributed by atoms with van der Waals surface area (Å²) in [6, 6.07) is 17.9. The van der Waals surface area contributed by atoms with Crippen molar-refractivity contribution in [1.82, 2.24) is 0 Å². The number of hydrogen-bond acceptors (Lipinski definition) is 2. The molecule has 2 rings (SSSR count). The molecule has 0 unspecified atom stereocenters. The number of rotatable bonds is 6. The molecule has 0 aliphatic carbocycles. The number of Topliss-reactive ketones (excluding diaryl/α,β-unsaturated/α-hetero) is 2. The predicted octanol–water partition coefficient (Wildman–Crippen LogP) is 4.58. The van der Waals surface area contributed by atoms with E-state index in [9.17, 15) is 9.59 Å². The van der Waals surface area contributed by atoms with E-state index in [0.717, 1.165) is 0 Å². The van der Waals surface area contributed by atoms with Crippen molar-refractivity contribution in [2.75, 3.05) is 0 Å². The molecule has 0 N–H and O–H groups in total. The van der Waals surface area contributed by atoms with Crippen molar-refractivity contribution in [3.05, 3.63) is 82.6 Å². The molecule has 2 aromatic carbocycles. The Kier molecular flexibility index (Phi) is 10.9. The van der Waals surface area contributed by atoms with E-state index in [1.54, 1.807) is 48.5 Å². The largest absolute Gasteiger partial charge is 2.00 e. The van der Waals surface area contributed by atoms with Gasteiger partial charge in [0.05, 0.1) is 0 Å². The van der Waals surface area contributed by atoms with Gasteiger partial charge >= 0.3 is 17.1 Å². The third-order valence-electron chi connectivity index (χ3n) is 3.02. The average molecular weight is 384 g/mol. The van der Waals surface area contributed by atoms with Gasteiger partial charge in [0.15, 0.2) is 11.6 Å². The zero-order valence-corrected chi connectivity index (χ0v) is 15.1. The first-order valence-corrected chi connectivity index (χ1v) is 7.59. The van der Waals surface area contributed by atoms with Crippen molar-refractivity contribution in [3.63, 3.8) is 0 Å². The van der Waals surface area contributed by atoms with E-state index in [0.29, 0.717) is 11.1 Å². The van der Waals surface area contributed by atoms with Gasteiger partial charge in [-0.25, -0.2) is 0 Å². The van der Waals surface area contributed by atoms with Gasteiger partial charge in [-0.3, -0.25) is 9.59 Å². The van der Waals surface area contributed by atoms with E-state index in [1.165, 1.54) is 13.8 Å². The molecular formula is C20H20CuN2O2. The molecule has 2 aromatic rings. The van der Waals surface area contributed by atoms with Gasteiger partial charge in [0.25, 0.3) is 0 Å². The summed E-state index contributed by atoms with van der Waals surface area (Å²) in [5, 5.41) is 17.8. The molecule has 0 saturated heterocycles. The van der Waals surface area contributed by atoms with Gasteiger partial charge in [0.2, 0.25) is 0 Å². The molecule has 0 atom stereocenters. The SMILES string of the molecule is CC(=[N-])CC(=O)c1ccccc1.CC(=[N-])CC(=O)c1ccccc1.[Cu+2]. The van der Waals surface area contributed by atoms with Crippen LogP contribution in [0.4, 0.5) is 0 Å². The minimum atomic E-state index is -0.0457. The van der Waals surface area contributed by atoms with Gasteiger partial charge in [0, 0.05) is 24.0 Å². The Labute approximate surface area is 159 Å². The summed E-state index contributed by atoms with van der Waals surface area (Å²) < 4.78 is 0. The quantitative estimate of drug-likeness (QED) is 0.415. The predicted molar refractivity (Wildman–Crippen MR) is 98.9 cm³/mol. The summed E-state index contributed by atoms with van der Waals surface area (Å²) in [7, 11) is 0. The van der Waals surface area contributed by atoms with Gasteiger partial charge in [-0.15, -0.1) is 0 Å². The summed E-state index contributed by atoms with van der Waals surface area (Å²) in [6.45, 7) is 3.06. The normalized spacial score (nSPS) is 9.04.